The van der Waals surface area contributed by atoms with Gasteiger partial charge in [0.2, 0.25) is 10.0 Å². The maximum absolute atomic E-state index is 12.5. The molecule has 0 radical (unpaired) electrons. The van der Waals surface area contributed by atoms with E-state index in [-0.39, 0.29) is 29.8 Å². The van der Waals surface area contributed by atoms with E-state index < -0.39 is 22.0 Å². The summed E-state index contributed by atoms with van der Waals surface area (Å²) in [5, 5.41) is 0.190. The van der Waals surface area contributed by atoms with Crippen molar-refractivity contribution in [2.45, 2.75) is 10.9 Å². The Morgan fingerprint density at radius 2 is 2.30 bits per heavy atom. The molecule has 20 heavy (non-hydrogen) atoms. The minimum atomic E-state index is -3.85. The maximum atomic E-state index is 12.5. The Hall–Kier alpha value is -1.22. The van der Waals surface area contributed by atoms with Crippen LogP contribution in [-0.4, -0.2) is 56.6 Å². The van der Waals surface area contributed by atoms with Gasteiger partial charge in [-0.15, -0.1) is 0 Å². The zero-order valence-corrected chi connectivity index (χ0v) is 12.2. The van der Waals surface area contributed by atoms with Gasteiger partial charge in [0.25, 0.3) is 0 Å². The van der Waals surface area contributed by atoms with Crippen LogP contribution in [0.2, 0.25) is 5.15 Å². The summed E-state index contributed by atoms with van der Waals surface area (Å²) >= 11 is 5.64. The van der Waals surface area contributed by atoms with Gasteiger partial charge in [-0.3, -0.25) is 4.79 Å². The van der Waals surface area contributed by atoms with Crippen LogP contribution < -0.4 is 0 Å². The Kier molecular flexibility index (Phi) is 4.59. The van der Waals surface area contributed by atoms with Crippen molar-refractivity contribution in [3.05, 3.63) is 23.5 Å². The number of pyridine rings is 1. The number of hydrogen-bond acceptors (Lipinski definition) is 6. The molecule has 0 saturated carbocycles. The molecule has 0 N–H and O–H groups in total. The van der Waals surface area contributed by atoms with Crippen LogP contribution in [0.15, 0.2) is 23.2 Å². The Labute approximate surface area is 121 Å². The number of sulfonamides is 1. The molecule has 0 bridgehead atoms. The first-order chi connectivity index (χ1) is 9.46. The number of halogens is 1. The second-order valence-electron chi connectivity index (χ2n) is 4.05. The Balaban J connectivity index is 2.35. The number of esters is 1. The average molecular weight is 321 g/mol. The minimum absolute atomic E-state index is 0.0299. The third-order valence-corrected chi connectivity index (χ3v) is 4.97. The van der Waals surface area contributed by atoms with Crippen LogP contribution in [0.25, 0.3) is 0 Å². The lowest BCUT2D eigenvalue weighted by Gasteiger charge is -2.32. The molecule has 1 saturated heterocycles. The van der Waals surface area contributed by atoms with E-state index in [2.05, 4.69) is 9.72 Å². The molecule has 0 spiro atoms. The number of carbonyl (C=O) groups excluding carboxylic acids is 1. The number of rotatable bonds is 3. The van der Waals surface area contributed by atoms with E-state index in [4.69, 9.17) is 16.3 Å². The summed E-state index contributed by atoms with van der Waals surface area (Å²) in [7, 11) is -2.65. The predicted molar refractivity (Wildman–Crippen MR) is 69.8 cm³/mol. The van der Waals surface area contributed by atoms with E-state index in [1.165, 1.54) is 19.2 Å². The lowest BCUT2D eigenvalue weighted by Crippen LogP contribution is -2.52. The second kappa shape index (κ2) is 6.04. The highest BCUT2D eigenvalue weighted by Crippen LogP contribution is 2.21. The standard InChI is InChI=1S/C11H13ClN2O5S/c1-18-11(15)9-7-19-5-4-14(9)20(16,17)8-2-3-10(12)13-6-8/h2-3,6,9H,4-5,7H2,1H3. The largest absolute Gasteiger partial charge is 0.468 e. The summed E-state index contributed by atoms with van der Waals surface area (Å²) in [4.78, 5) is 15.4. The molecule has 0 amide bonds. The lowest BCUT2D eigenvalue weighted by molar-refractivity contribution is -0.149. The highest BCUT2D eigenvalue weighted by atomic mass is 35.5. The molecule has 1 aromatic rings. The van der Waals surface area contributed by atoms with Crippen LogP contribution in [0, 0.1) is 0 Å². The number of methoxy groups -OCH3 is 1. The molecule has 1 fully saturated rings. The zero-order chi connectivity index (χ0) is 14.8. The van der Waals surface area contributed by atoms with Crippen LogP contribution in [0.4, 0.5) is 0 Å². The molecule has 1 aliphatic heterocycles. The number of aromatic nitrogens is 1. The molecule has 0 aliphatic carbocycles. The van der Waals surface area contributed by atoms with E-state index >= 15 is 0 Å². The van der Waals surface area contributed by atoms with Gasteiger partial charge in [0, 0.05) is 12.7 Å². The lowest BCUT2D eigenvalue weighted by atomic mass is 10.3. The van der Waals surface area contributed by atoms with E-state index in [0.29, 0.717) is 0 Å². The quantitative estimate of drug-likeness (QED) is 0.588. The van der Waals surface area contributed by atoms with Crippen molar-refractivity contribution < 1.29 is 22.7 Å². The van der Waals surface area contributed by atoms with Crippen molar-refractivity contribution in [3.63, 3.8) is 0 Å². The maximum Gasteiger partial charge on any atom is 0.326 e. The molecule has 2 heterocycles. The molecule has 0 aromatic carbocycles. The molecule has 110 valence electrons. The van der Waals surface area contributed by atoms with Crippen LogP contribution in [0.3, 0.4) is 0 Å². The second-order valence-corrected chi connectivity index (χ2v) is 6.32. The summed E-state index contributed by atoms with van der Waals surface area (Å²) in [5.74, 6) is -0.657. The normalized spacial score (nSPS) is 20.6. The summed E-state index contributed by atoms with van der Waals surface area (Å²) in [5.41, 5.74) is 0. The Morgan fingerprint density at radius 3 is 2.90 bits per heavy atom. The molecule has 1 unspecified atom stereocenters. The van der Waals surface area contributed by atoms with Gasteiger partial charge in [-0.1, -0.05) is 11.6 Å². The first-order valence-electron chi connectivity index (χ1n) is 5.76. The predicted octanol–water partition coefficient (Wildman–Crippen LogP) is 0.298. The Morgan fingerprint density at radius 1 is 1.55 bits per heavy atom. The number of morpholine rings is 1. The van der Waals surface area contributed by atoms with Crippen molar-refractivity contribution in [1.82, 2.24) is 9.29 Å². The highest BCUT2D eigenvalue weighted by Gasteiger charge is 2.39. The first kappa shape index (κ1) is 15.2. The highest BCUT2D eigenvalue weighted by molar-refractivity contribution is 7.89. The van der Waals surface area contributed by atoms with Crippen molar-refractivity contribution in [2.75, 3.05) is 26.9 Å². The van der Waals surface area contributed by atoms with E-state index in [1.807, 2.05) is 0 Å². The smallest absolute Gasteiger partial charge is 0.326 e. The summed E-state index contributed by atoms with van der Waals surface area (Å²) < 4.78 is 35.8. The summed E-state index contributed by atoms with van der Waals surface area (Å²) in [6.07, 6.45) is 1.15. The monoisotopic (exact) mass is 320 g/mol. The molecule has 2 rings (SSSR count). The van der Waals surface area contributed by atoms with Gasteiger partial charge >= 0.3 is 5.97 Å². The third-order valence-electron chi connectivity index (χ3n) is 2.86. The van der Waals surface area contributed by atoms with Crippen LogP contribution >= 0.6 is 11.6 Å². The van der Waals surface area contributed by atoms with Crippen molar-refractivity contribution >= 4 is 27.6 Å². The molecular formula is C11H13ClN2O5S. The fourth-order valence-electron chi connectivity index (χ4n) is 1.85. The fourth-order valence-corrected chi connectivity index (χ4v) is 3.45. The van der Waals surface area contributed by atoms with E-state index in [1.54, 1.807) is 0 Å². The van der Waals surface area contributed by atoms with Gasteiger partial charge in [-0.05, 0) is 12.1 Å². The average Bonchev–Trinajstić information content (AvgIpc) is 2.47. The number of nitrogens with zero attached hydrogens (tertiary/aromatic N) is 2. The minimum Gasteiger partial charge on any atom is -0.468 e. The number of ether oxygens (including phenoxy) is 2. The van der Waals surface area contributed by atoms with Gasteiger partial charge in [-0.2, -0.15) is 4.31 Å². The Bertz CT molecular complexity index is 589. The molecule has 1 aromatic heterocycles. The van der Waals surface area contributed by atoms with Crippen LogP contribution in [0.1, 0.15) is 0 Å². The third kappa shape index (κ3) is 2.93. The molecule has 9 heteroatoms. The van der Waals surface area contributed by atoms with Crippen molar-refractivity contribution in [2.24, 2.45) is 0 Å². The summed E-state index contributed by atoms with van der Waals surface area (Å²) in [6.45, 7) is 0.255. The SMILES string of the molecule is COC(=O)C1COCCN1S(=O)(=O)c1ccc(Cl)nc1. The van der Waals surface area contributed by atoms with E-state index in [0.717, 1.165) is 10.5 Å². The van der Waals surface area contributed by atoms with Crippen LogP contribution in [0.5, 0.6) is 0 Å². The fraction of sp³-hybridized carbons (Fsp3) is 0.455. The van der Waals surface area contributed by atoms with Gasteiger partial charge in [0.05, 0.1) is 20.3 Å². The first-order valence-corrected chi connectivity index (χ1v) is 7.57. The molecule has 1 aliphatic rings. The van der Waals surface area contributed by atoms with Crippen molar-refractivity contribution in [3.8, 4) is 0 Å². The molecular weight excluding hydrogens is 308 g/mol. The van der Waals surface area contributed by atoms with E-state index in [9.17, 15) is 13.2 Å². The molecule has 7 nitrogen and oxygen atoms in total. The van der Waals surface area contributed by atoms with Gasteiger partial charge < -0.3 is 9.47 Å². The van der Waals surface area contributed by atoms with Gasteiger partial charge in [-0.25, -0.2) is 13.4 Å². The topological polar surface area (TPSA) is 85.8 Å². The van der Waals surface area contributed by atoms with Gasteiger partial charge in [0.1, 0.15) is 16.1 Å². The molecule has 1 atom stereocenters. The number of carbonyl (C=O) groups is 1. The van der Waals surface area contributed by atoms with Crippen LogP contribution in [-0.2, 0) is 24.3 Å². The van der Waals surface area contributed by atoms with Crippen molar-refractivity contribution in [1.29, 1.82) is 0 Å². The van der Waals surface area contributed by atoms with Gasteiger partial charge in [0.15, 0.2) is 0 Å². The number of hydrogen-bond donors (Lipinski definition) is 0. The summed E-state index contributed by atoms with van der Waals surface area (Å²) in [6, 6.07) is 1.73. The zero-order valence-electron chi connectivity index (χ0n) is 10.7.